The zero-order valence-electron chi connectivity index (χ0n) is 22.9. The molecule has 4 nitrogen and oxygen atoms in total. The highest BCUT2D eigenvalue weighted by atomic mass is 16.5. The van der Waals surface area contributed by atoms with Crippen LogP contribution >= 0.6 is 0 Å². The van der Waals surface area contributed by atoms with Crippen LogP contribution in [0, 0.1) is 13.8 Å². The molecule has 0 saturated heterocycles. The SMILES string of the molecule is COc1cc(C)c(N)c(C(c2ccccc2)(c2ccc(-c3ccccc3)cc2)c2cc(OC)cc(C)c2N)c1. The van der Waals surface area contributed by atoms with E-state index < -0.39 is 5.41 Å². The first-order valence-corrected chi connectivity index (χ1v) is 13.0. The molecule has 0 heterocycles. The summed E-state index contributed by atoms with van der Waals surface area (Å²) >= 11 is 0. The fourth-order valence-electron chi connectivity index (χ4n) is 5.55. The number of hydrogen-bond donors (Lipinski definition) is 2. The molecule has 4 heteroatoms. The number of benzene rings is 5. The number of anilines is 2. The molecule has 0 aromatic heterocycles. The first-order chi connectivity index (χ1) is 18.9. The van der Waals surface area contributed by atoms with Crippen molar-refractivity contribution >= 4 is 11.4 Å². The van der Waals surface area contributed by atoms with Crippen molar-refractivity contribution in [1.29, 1.82) is 0 Å². The molecule has 5 rings (SSSR count). The molecule has 0 aliphatic heterocycles. The molecule has 5 aromatic rings. The first kappa shape index (κ1) is 25.9. The standard InChI is InChI=1S/C35H34N2O2/c1-23-19-29(38-3)21-31(33(23)36)35(27-13-9-6-10-14-27,32-22-30(39-4)20-24(2)34(32)37)28-17-15-26(16-18-28)25-11-7-5-8-12-25/h5-22H,36-37H2,1-4H3. The minimum absolute atomic E-state index is 0.687. The van der Waals surface area contributed by atoms with Gasteiger partial charge >= 0.3 is 0 Å². The lowest BCUT2D eigenvalue weighted by molar-refractivity contribution is 0.412. The number of methoxy groups -OCH3 is 2. The van der Waals surface area contributed by atoms with Gasteiger partial charge in [-0.05, 0) is 82.6 Å². The van der Waals surface area contributed by atoms with Gasteiger partial charge in [-0.25, -0.2) is 0 Å². The summed E-state index contributed by atoms with van der Waals surface area (Å²) in [6, 6.07) is 37.4. The molecule has 5 aromatic carbocycles. The molecule has 0 bridgehead atoms. The summed E-state index contributed by atoms with van der Waals surface area (Å²) in [6.45, 7) is 4.02. The summed E-state index contributed by atoms with van der Waals surface area (Å²) in [6.07, 6.45) is 0. The van der Waals surface area contributed by atoms with E-state index in [2.05, 4.69) is 72.8 Å². The monoisotopic (exact) mass is 514 g/mol. The molecular formula is C35H34N2O2. The predicted octanol–water partition coefficient (Wildman–Crippen LogP) is 7.53. The Morgan fingerprint density at radius 2 is 0.923 bits per heavy atom. The Balaban J connectivity index is 1.94. The van der Waals surface area contributed by atoms with Gasteiger partial charge in [0.25, 0.3) is 0 Å². The second-order valence-electron chi connectivity index (χ2n) is 9.87. The van der Waals surface area contributed by atoms with Crippen LogP contribution in [0.2, 0.25) is 0 Å². The van der Waals surface area contributed by atoms with E-state index in [0.29, 0.717) is 11.4 Å². The van der Waals surface area contributed by atoms with E-state index in [1.54, 1.807) is 14.2 Å². The van der Waals surface area contributed by atoms with Gasteiger partial charge in [0.1, 0.15) is 11.5 Å². The lowest BCUT2D eigenvalue weighted by atomic mass is 9.63. The van der Waals surface area contributed by atoms with Crippen molar-refractivity contribution in [1.82, 2.24) is 0 Å². The maximum atomic E-state index is 6.96. The van der Waals surface area contributed by atoms with Crippen molar-refractivity contribution in [3.63, 3.8) is 0 Å². The highest BCUT2D eigenvalue weighted by Gasteiger charge is 2.42. The van der Waals surface area contributed by atoms with Gasteiger partial charge in [-0.3, -0.25) is 0 Å². The molecule has 0 aliphatic rings. The number of hydrogen-bond acceptors (Lipinski definition) is 4. The van der Waals surface area contributed by atoms with Gasteiger partial charge < -0.3 is 20.9 Å². The zero-order chi connectivity index (χ0) is 27.6. The smallest absolute Gasteiger partial charge is 0.119 e. The van der Waals surface area contributed by atoms with Gasteiger partial charge in [0.15, 0.2) is 0 Å². The largest absolute Gasteiger partial charge is 0.497 e. The summed E-state index contributed by atoms with van der Waals surface area (Å²) in [5.41, 5.74) is 22.5. The summed E-state index contributed by atoms with van der Waals surface area (Å²) < 4.78 is 11.5. The third kappa shape index (κ3) is 4.48. The third-order valence-electron chi connectivity index (χ3n) is 7.63. The minimum Gasteiger partial charge on any atom is -0.497 e. The number of rotatable bonds is 7. The average Bonchev–Trinajstić information content (AvgIpc) is 2.98. The Kier molecular flexibility index (Phi) is 7.03. The molecule has 196 valence electrons. The number of nitrogens with two attached hydrogens (primary N) is 2. The van der Waals surface area contributed by atoms with E-state index in [1.807, 2.05) is 50.2 Å². The molecule has 0 saturated carbocycles. The first-order valence-electron chi connectivity index (χ1n) is 13.0. The van der Waals surface area contributed by atoms with Crippen molar-refractivity contribution in [3.8, 4) is 22.6 Å². The molecule has 0 aliphatic carbocycles. The van der Waals surface area contributed by atoms with Crippen LogP contribution in [0.4, 0.5) is 11.4 Å². The predicted molar refractivity (Wildman–Crippen MR) is 162 cm³/mol. The summed E-state index contributed by atoms with van der Waals surface area (Å²) in [5.74, 6) is 1.47. The zero-order valence-corrected chi connectivity index (χ0v) is 22.9. The molecule has 0 atom stereocenters. The van der Waals surface area contributed by atoms with E-state index in [0.717, 1.165) is 56.0 Å². The van der Waals surface area contributed by atoms with Crippen LogP contribution in [-0.4, -0.2) is 14.2 Å². The Morgan fingerprint density at radius 3 is 1.38 bits per heavy atom. The highest BCUT2D eigenvalue weighted by Crippen LogP contribution is 2.51. The quantitative estimate of drug-likeness (QED) is 0.174. The molecule has 0 spiro atoms. The normalized spacial score (nSPS) is 11.3. The average molecular weight is 515 g/mol. The Bertz CT molecular complexity index is 1530. The van der Waals surface area contributed by atoms with Crippen LogP contribution in [0.25, 0.3) is 11.1 Å². The van der Waals surface area contributed by atoms with Crippen LogP contribution in [-0.2, 0) is 5.41 Å². The summed E-state index contributed by atoms with van der Waals surface area (Å²) in [5, 5.41) is 0. The number of nitrogen functional groups attached to an aromatic ring is 2. The second kappa shape index (κ2) is 10.6. The maximum Gasteiger partial charge on any atom is 0.119 e. The molecule has 0 radical (unpaired) electrons. The number of aryl methyl sites for hydroxylation is 2. The van der Waals surface area contributed by atoms with Gasteiger partial charge in [0.2, 0.25) is 0 Å². The van der Waals surface area contributed by atoms with Crippen molar-refractivity contribution < 1.29 is 9.47 Å². The lowest BCUT2D eigenvalue weighted by Crippen LogP contribution is -2.33. The van der Waals surface area contributed by atoms with E-state index in [9.17, 15) is 0 Å². The summed E-state index contributed by atoms with van der Waals surface area (Å²) in [7, 11) is 3.36. The second-order valence-corrected chi connectivity index (χ2v) is 9.87. The summed E-state index contributed by atoms with van der Waals surface area (Å²) in [4.78, 5) is 0. The van der Waals surface area contributed by atoms with Gasteiger partial charge in [-0.1, -0.05) is 84.9 Å². The fourth-order valence-corrected chi connectivity index (χ4v) is 5.55. The van der Waals surface area contributed by atoms with E-state index >= 15 is 0 Å². The van der Waals surface area contributed by atoms with Crippen LogP contribution in [0.15, 0.2) is 109 Å². The van der Waals surface area contributed by atoms with Crippen LogP contribution in [0.1, 0.15) is 33.4 Å². The minimum atomic E-state index is -0.858. The molecule has 0 amide bonds. The van der Waals surface area contributed by atoms with Crippen LogP contribution in [0.3, 0.4) is 0 Å². The van der Waals surface area contributed by atoms with E-state index in [4.69, 9.17) is 20.9 Å². The Hall–Kier alpha value is -4.70. The highest BCUT2D eigenvalue weighted by molar-refractivity contribution is 5.76. The van der Waals surface area contributed by atoms with Crippen molar-refractivity contribution in [2.45, 2.75) is 19.3 Å². The number of ether oxygens (including phenoxy) is 2. The van der Waals surface area contributed by atoms with Gasteiger partial charge in [0.05, 0.1) is 19.6 Å². The molecular weight excluding hydrogens is 480 g/mol. The third-order valence-corrected chi connectivity index (χ3v) is 7.63. The Labute approximate surface area is 230 Å². The lowest BCUT2D eigenvalue weighted by Gasteiger charge is -2.39. The van der Waals surface area contributed by atoms with E-state index in [1.165, 1.54) is 0 Å². The Morgan fingerprint density at radius 1 is 0.513 bits per heavy atom. The molecule has 0 unspecified atom stereocenters. The van der Waals surface area contributed by atoms with Crippen LogP contribution < -0.4 is 20.9 Å². The topological polar surface area (TPSA) is 70.5 Å². The molecule has 0 fully saturated rings. The maximum absolute atomic E-state index is 6.96. The van der Waals surface area contributed by atoms with Gasteiger partial charge in [0, 0.05) is 11.4 Å². The van der Waals surface area contributed by atoms with Crippen molar-refractivity contribution in [2.75, 3.05) is 25.7 Å². The molecule has 4 N–H and O–H groups in total. The van der Waals surface area contributed by atoms with E-state index in [-0.39, 0.29) is 0 Å². The van der Waals surface area contributed by atoms with Crippen molar-refractivity contribution in [3.05, 3.63) is 143 Å². The van der Waals surface area contributed by atoms with Crippen molar-refractivity contribution in [2.24, 2.45) is 0 Å². The van der Waals surface area contributed by atoms with Gasteiger partial charge in [-0.15, -0.1) is 0 Å². The van der Waals surface area contributed by atoms with Gasteiger partial charge in [-0.2, -0.15) is 0 Å². The fraction of sp³-hybridized carbons (Fsp3) is 0.143. The molecule has 39 heavy (non-hydrogen) atoms. The van der Waals surface area contributed by atoms with Crippen LogP contribution in [0.5, 0.6) is 11.5 Å².